The molecule has 0 saturated carbocycles. The lowest BCUT2D eigenvalue weighted by molar-refractivity contribution is -0.122. The SMILES string of the molecule is CN(C)C(=O)NCCNC(=O)C(N)CCS(C)(=O)=O. The minimum atomic E-state index is -3.12. The van der Waals surface area contributed by atoms with E-state index in [-0.39, 0.29) is 31.3 Å². The van der Waals surface area contributed by atoms with Gasteiger partial charge in [-0.3, -0.25) is 4.79 Å². The van der Waals surface area contributed by atoms with E-state index >= 15 is 0 Å². The van der Waals surface area contributed by atoms with Crippen molar-refractivity contribution in [3.63, 3.8) is 0 Å². The smallest absolute Gasteiger partial charge is 0.316 e. The van der Waals surface area contributed by atoms with Gasteiger partial charge < -0.3 is 21.3 Å². The molecule has 9 heteroatoms. The molecule has 3 amide bonds. The first-order valence-electron chi connectivity index (χ1n) is 5.79. The summed E-state index contributed by atoms with van der Waals surface area (Å²) in [6.07, 6.45) is 1.17. The van der Waals surface area contributed by atoms with E-state index in [1.54, 1.807) is 14.1 Å². The second-order valence-electron chi connectivity index (χ2n) is 4.44. The van der Waals surface area contributed by atoms with Crippen molar-refractivity contribution in [1.29, 1.82) is 0 Å². The van der Waals surface area contributed by atoms with E-state index in [2.05, 4.69) is 10.6 Å². The van der Waals surface area contributed by atoms with Crippen LogP contribution in [0.2, 0.25) is 0 Å². The zero-order valence-electron chi connectivity index (χ0n) is 11.5. The maximum Gasteiger partial charge on any atom is 0.316 e. The first-order valence-corrected chi connectivity index (χ1v) is 7.85. The molecule has 8 nitrogen and oxygen atoms in total. The van der Waals surface area contributed by atoms with Gasteiger partial charge in [0.1, 0.15) is 9.84 Å². The summed E-state index contributed by atoms with van der Waals surface area (Å²) in [7, 11) is 0.0912. The highest BCUT2D eigenvalue weighted by Gasteiger charge is 2.15. The van der Waals surface area contributed by atoms with Gasteiger partial charge in [-0.05, 0) is 6.42 Å². The van der Waals surface area contributed by atoms with Gasteiger partial charge in [0, 0.05) is 33.4 Å². The van der Waals surface area contributed by atoms with Crippen LogP contribution in [0.1, 0.15) is 6.42 Å². The van der Waals surface area contributed by atoms with E-state index in [0.29, 0.717) is 0 Å². The Balaban J connectivity index is 3.83. The fourth-order valence-corrected chi connectivity index (χ4v) is 1.80. The van der Waals surface area contributed by atoms with Crippen molar-refractivity contribution < 1.29 is 18.0 Å². The Labute approximate surface area is 113 Å². The van der Waals surface area contributed by atoms with Gasteiger partial charge in [-0.2, -0.15) is 0 Å². The molecule has 0 spiro atoms. The highest BCUT2D eigenvalue weighted by Crippen LogP contribution is 1.93. The summed E-state index contributed by atoms with van der Waals surface area (Å²) in [6.45, 7) is 0.520. The number of rotatable bonds is 7. The average molecular weight is 294 g/mol. The molecule has 0 aliphatic heterocycles. The molecule has 1 unspecified atom stereocenters. The summed E-state index contributed by atoms with van der Waals surface area (Å²) < 4.78 is 21.8. The second-order valence-corrected chi connectivity index (χ2v) is 6.70. The Hall–Kier alpha value is -1.35. The van der Waals surface area contributed by atoms with E-state index in [9.17, 15) is 18.0 Å². The number of sulfone groups is 1. The van der Waals surface area contributed by atoms with Crippen LogP contribution in [0.5, 0.6) is 0 Å². The molecule has 0 radical (unpaired) electrons. The fourth-order valence-electron chi connectivity index (χ4n) is 1.12. The maximum atomic E-state index is 11.5. The molecule has 0 rings (SSSR count). The fraction of sp³-hybridized carbons (Fsp3) is 0.800. The van der Waals surface area contributed by atoms with Crippen LogP contribution in [0.15, 0.2) is 0 Å². The topological polar surface area (TPSA) is 122 Å². The third-order valence-electron chi connectivity index (χ3n) is 2.24. The first-order chi connectivity index (χ1) is 8.63. The van der Waals surface area contributed by atoms with Gasteiger partial charge in [-0.25, -0.2) is 13.2 Å². The molecule has 0 fully saturated rings. The van der Waals surface area contributed by atoms with Crippen LogP contribution in [0.4, 0.5) is 4.79 Å². The Morgan fingerprint density at radius 1 is 1.21 bits per heavy atom. The van der Waals surface area contributed by atoms with Crippen LogP contribution < -0.4 is 16.4 Å². The van der Waals surface area contributed by atoms with Crippen molar-refractivity contribution in [3.8, 4) is 0 Å². The summed E-state index contributed by atoms with van der Waals surface area (Å²) in [6, 6.07) is -1.12. The van der Waals surface area contributed by atoms with Crippen molar-refractivity contribution in [2.75, 3.05) is 39.2 Å². The summed E-state index contributed by atoms with van der Waals surface area (Å²) in [5.74, 6) is -0.554. The third kappa shape index (κ3) is 9.25. The van der Waals surface area contributed by atoms with E-state index in [1.807, 2.05) is 0 Å². The van der Waals surface area contributed by atoms with Crippen LogP contribution in [0, 0.1) is 0 Å². The van der Waals surface area contributed by atoms with Crippen LogP contribution in [-0.4, -0.2) is 70.5 Å². The van der Waals surface area contributed by atoms with Crippen molar-refractivity contribution in [3.05, 3.63) is 0 Å². The van der Waals surface area contributed by atoms with E-state index < -0.39 is 21.8 Å². The molecule has 112 valence electrons. The first kappa shape index (κ1) is 17.6. The monoisotopic (exact) mass is 294 g/mol. The Morgan fingerprint density at radius 2 is 1.74 bits per heavy atom. The van der Waals surface area contributed by atoms with Gasteiger partial charge >= 0.3 is 6.03 Å². The molecular weight excluding hydrogens is 272 g/mol. The summed E-state index contributed by atoms with van der Waals surface area (Å²) in [4.78, 5) is 24.0. The number of nitrogens with two attached hydrogens (primary N) is 1. The van der Waals surface area contributed by atoms with Gasteiger partial charge in [-0.15, -0.1) is 0 Å². The third-order valence-corrected chi connectivity index (χ3v) is 3.22. The molecule has 0 aromatic heterocycles. The predicted molar refractivity (Wildman–Crippen MR) is 72.4 cm³/mol. The quantitative estimate of drug-likeness (QED) is 0.475. The van der Waals surface area contributed by atoms with E-state index in [0.717, 1.165) is 6.26 Å². The highest BCUT2D eigenvalue weighted by atomic mass is 32.2. The standard InChI is InChI=1S/C10H22N4O4S/c1-14(2)10(16)13-6-5-12-9(15)8(11)4-7-19(3,17)18/h8H,4-7,11H2,1-3H3,(H,12,15)(H,13,16). The average Bonchev–Trinajstić information content (AvgIpc) is 2.29. The van der Waals surface area contributed by atoms with Crippen LogP contribution >= 0.6 is 0 Å². The number of amides is 3. The minimum Gasteiger partial charge on any atom is -0.353 e. The number of carbonyl (C=O) groups is 2. The molecule has 0 aliphatic rings. The van der Waals surface area contributed by atoms with Crippen LogP contribution in [0.25, 0.3) is 0 Å². The molecule has 0 aromatic rings. The lowest BCUT2D eigenvalue weighted by Gasteiger charge is -2.14. The van der Waals surface area contributed by atoms with Gasteiger partial charge in [-0.1, -0.05) is 0 Å². The summed E-state index contributed by atoms with van der Waals surface area (Å²) in [5, 5.41) is 5.09. The number of hydrogen-bond acceptors (Lipinski definition) is 5. The van der Waals surface area contributed by atoms with Gasteiger partial charge in [0.2, 0.25) is 5.91 Å². The zero-order chi connectivity index (χ0) is 15.1. The highest BCUT2D eigenvalue weighted by molar-refractivity contribution is 7.90. The van der Waals surface area contributed by atoms with E-state index in [4.69, 9.17) is 5.73 Å². The molecule has 0 saturated heterocycles. The molecule has 19 heavy (non-hydrogen) atoms. The maximum absolute atomic E-state index is 11.5. The Bertz CT molecular complexity index is 408. The lowest BCUT2D eigenvalue weighted by atomic mass is 10.2. The van der Waals surface area contributed by atoms with Crippen LogP contribution in [0.3, 0.4) is 0 Å². The largest absolute Gasteiger partial charge is 0.353 e. The molecule has 0 aliphatic carbocycles. The number of nitrogens with one attached hydrogen (secondary N) is 2. The second kappa shape index (κ2) is 7.95. The van der Waals surface area contributed by atoms with Crippen LogP contribution in [-0.2, 0) is 14.6 Å². The van der Waals surface area contributed by atoms with Crippen molar-refractivity contribution in [2.24, 2.45) is 5.73 Å². The normalized spacial score (nSPS) is 12.6. The molecule has 0 aromatic carbocycles. The molecule has 4 N–H and O–H groups in total. The van der Waals surface area contributed by atoms with Gasteiger partial charge in [0.05, 0.1) is 11.8 Å². The molecule has 0 heterocycles. The number of hydrogen-bond donors (Lipinski definition) is 3. The van der Waals surface area contributed by atoms with Gasteiger partial charge in [0.25, 0.3) is 0 Å². The molecule has 0 bridgehead atoms. The Kier molecular flexibility index (Phi) is 7.38. The lowest BCUT2D eigenvalue weighted by Crippen LogP contribution is -2.45. The molecule has 1 atom stereocenters. The van der Waals surface area contributed by atoms with Crippen molar-refractivity contribution >= 4 is 21.8 Å². The molecular formula is C10H22N4O4S. The predicted octanol–water partition coefficient (Wildman–Crippen LogP) is -1.86. The number of nitrogens with zero attached hydrogens (tertiary/aromatic N) is 1. The minimum absolute atomic E-state index is 0.0781. The number of carbonyl (C=O) groups excluding carboxylic acids is 2. The number of urea groups is 1. The summed E-state index contributed by atoms with van der Waals surface area (Å²) >= 11 is 0. The zero-order valence-corrected chi connectivity index (χ0v) is 12.3. The van der Waals surface area contributed by atoms with Crippen molar-refractivity contribution in [1.82, 2.24) is 15.5 Å². The van der Waals surface area contributed by atoms with Gasteiger partial charge in [0.15, 0.2) is 0 Å². The van der Waals surface area contributed by atoms with Crippen molar-refractivity contribution in [2.45, 2.75) is 12.5 Å². The van der Waals surface area contributed by atoms with E-state index in [1.165, 1.54) is 4.90 Å². The Morgan fingerprint density at radius 3 is 2.21 bits per heavy atom. The summed E-state index contributed by atoms with van der Waals surface area (Å²) in [5.41, 5.74) is 5.54.